The molecule has 0 heterocycles. The number of ether oxygens (including phenoxy) is 2. The van der Waals surface area contributed by atoms with Crippen LogP contribution < -0.4 is 9.47 Å². The molecule has 0 aliphatic rings. The highest BCUT2D eigenvalue weighted by Crippen LogP contribution is 2.28. The Morgan fingerprint density at radius 3 is 2.79 bits per heavy atom. The summed E-state index contributed by atoms with van der Waals surface area (Å²) >= 11 is 5.84. The van der Waals surface area contributed by atoms with Gasteiger partial charge in [0.05, 0.1) is 12.1 Å². The molecule has 1 aromatic rings. The van der Waals surface area contributed by atoms with E-state index in [9.17, 15) is 4.79 Å². The van der Waals surface area contributed by atoms with E-state index in [1.54, 1.807) is 25.3 Å². The maximum atomic E-state index is 10.7. The highest BCUT2D eigenvalue weighted by molar-refractivity contribution is 6.32. The smallest absolute Gasteiger partial charge is 0.167 e. The molecule has 0 bridgehead atoms. The molecule has 4 heteroatoms. The van der Waals surface area contributed by atoms with Gasteiger partial charge < -0.3 is 9.47 Å². The summed E-state index contributed by atoms with van der Waals surface area (Å²) < 4.78 is 10.2. The molecule has 3 nitrogen and oxygen atoms in total. The Bertz CT molecular complexity index is 336. The van der Waals surface area contributed by atoms with Crippen LogP contribution in [0.1, 0.15) is 6.92 Å². The molecule has 0 atom stereocenters. The molecule has 1 rings (SSSR count). The summed E-state index contributed by atoms with van der Waals surface area (Å²) in [6.07, 6.45) is 0. The van der Waals surface area contributed by atoms with Crippen LogP contribution in [0.25, 0.3) is 0 Å². The summed E-state index contributed by atoms with van der Waals surface area (Å²) in [4.78, 5) is 10.7. The molecule has 0 amide bonds. The van der Waals surface area contributed by atoms with Gasteiger partial charge in [-0.15, -0.1) is 0 Å². The molecule has 0 unspecified atom stereocenters. The number of carbonyl (C=O) groups excluding carboxylic acids is 1. The summed E-state index contributed by atoms with van der Waals surface area (Å²) in [7, 11) is 1.55. The maximum Gasteiger partial charge on any atom is 0.167 e. The van der Waals surface area contributed by atoms with Crippen LogP contribution in [-0.2, 0) is 4.79 Å². The maximum absolute atomic E-state index is 10.7. The molecular formula is C10H11ClO3. The van der Waals surface area contributed by atoms with Crippen molar-refractivity contribution >= 4 is 17.4 Å². The monoisotopic (exact) mass is 214 g/mol. The molecule has 0 spiro atoms. The average molecular weight is 215 g/mol. The third-order valence-electron chi connectivity index (χ3n) is 1.57. The van der Waals surface area contributed by atoms with E-state index in [0.717, 1.165) is 0 Å². The summed E-state index contributed by atoms with van der Waals surface area (Å²) in [5, 5.41) is 0.465. The first-order chi connectivity index (χ1) is 6.63. The topological polar surface area (TPSA) is 35.5 Å². The number of benzene rings is 1. The van der Waals surface area contributed by atoms with E-state index in [1.165, 1.54) is 6.92 Å². The van der Waals surface area contributed by atoms with E-state index in [4.69, 9.17) is 21.1 Å². The fraction of sp³-hybridized carbons (Fsp3) is 0.300. The number of Topliss-reactive ketones (excluding diaryl/α,β-unsaturated/α-hetero) is 1. The lowest BCUT2D eigenvalue weighted by atomic mass is 10.3. The van der Waals surface area contributed by atoms with E-state index in [1.807, 2.05) is 0 Å². The first-order valence-electron chi connectivity index (χ1n) is 4.09. The third-order valence-corrected chi connectivity index (χ3v) is 1.88. The second kappa shape index (κ2) is 4.86. The molecule has 1 aromatic carbocycles. The van der Waals surface area contributed by atoms with Gasteiger partial charge in [-0.2, -0.15) is 0 Å². The highest BCUT2D eigenvalue weighted by atomic mass is 35.5. The molecule has 76 valence electrons. The molecule has 0 saturated carbocycles. The largest absolute Gasteiger partial charge is 0.497 e. The zero-order chi connectivity index (χ0) is 10.6. The van der Waals surface area contributed by atoms with Crippen LogP contribution in [0.2, 0.25) is 5.02 Å². The van der Waals surface area contributed by atoms with E-state index < -0.39 is 0 Å². The Morgan fingerprint density at radius 1 is 1.50 bits per heavy atom. The molecule has 14 heavy (non-hydrogen) atoms. The second-order valence-electron chi connectivity index (χ2n) is 2.79. The molecule has 0 radical (unpaired) electrons. The van der Waals surface area contributed by atoms with Crippen LogP contribution in [0.5, 0.6) is 11.5 Å². The number of methoxy groups -OCH3 is 1. The summed E-state index contributed by atoms with van der Waals surface area (Å²) in [6, 6.07) is 5.03. The zero-order valence-corrected chi connectivity index (χ0v) is 8.80. The number of carbonyl (C=O) groups is 1. The first kappa shape index (κ1) is 10.9. The minimum atomic E-state index is -0.0520. The van der Waals surface area contributed by atoms with Gasteiger partial charge in [-0.25, -0.2) is 0 Å². The van der Waals surface area contributed by atoms with Gasteiger partial charge in [0, 0.05) is 6.07 Å². The van der Waals surface area contributed by atoms with Gasteiger partial charge in [0.15, 0.2) is 5.78 Å². The second-order valence-corrected chi connectivity index (χ2v) is 3.19. The fourth-order valence-electron chi connectivity index (χ4n) is 0.901. The number of hydrogen-bond acceptors (Lipinski definition) is 3. The summed E-state index contributed by atoms with van der Waals surface area (Å²) in [6.45, 7) is 1.47. The van der Waals surface area contributed by atoms with Crippen LogP contribution in [0, 0.1) is 0 Å². The van der Waals surface area contributed by atoms with Crippen LogP contribution in [0.4, 0.5) is 0 Å². The quantitative estimate of drug-likeness (QED) is 0.772. The molecule has 0 aromatic heterocycles. The summed E-state index contributed by atoms with van der Waals surface area (Å²) in [5.41, 5.74) is 0. The van der Waals surface area contributed by atoms with Gasteiger partial charge in [0.1, 0.15) is 18.1 Å². The molecule has 0 fully saturated rings. The molecule has 0 saturated heterocycles. The van der Waals surface area contributed by atoms with Gasteiger partial charge in [0.2, 0.25) is 0 Å². The van der Waals surface area contributed by atoms with E-state index in [-0.39, 0.29) is 12.4 Å². The number of halogens is 1. The zero-order valence-electron chi connectivity index (χ0n) is 8.04. The van der Waals surface area contributed by atoms with Crippen molar-refractivity contribution in [3.05, 3.63) is 23.2 Å². The lowest BCUT2D eigenvalue weighted by Gasteiger charge is -2.07. The minimum absolute atomic E-state index is 0.0207. The third kappa shape index (κ3) is 2.92. The first-order valence-corrected chi connectivity index (χ1v) is 4.47. The van der Waals surface area contributed by atoms with Crippen LogP contribution in [-0.4, -0.2) is 19.5 Å². The van der Waals surface area contributed by atoms with Crippen molar-refractivity contribution in [2.75, 3.05) is 13.7 Å². The Balaban J connectivity index is 2.78. The standard InChI is InChI=1S/C10H11ClO3/c1-7(12)6-14-10-5-8(13-2)3-4-9(10)11/h3-5H,6H2,1-2H3. The van der Waals surface area contributed by atoms with Gasteiger partial charge in [-0.05, 0) is 19.1 Å². The van der Waals surface area contributed by atoms with E-state index in [2.05, 4.69) is 0 Å². The van der Waals surface area contributed by atoms with Crippen LogP contribution in [0.15, 0.2) is 18.2 Å². The van der Waals surface area contributed by atoms with Crippen molar-refractivity contribution in [3.63, 3.8) is 0 Å². The molecule has 0 aliphatic heterocycles. The van der Waals surface area contributed by atoms with E-state index >= 15 is 0 Å². The van der Waals surface area contributed by atoms with Crippen molar-refractivity contribution < 1.29 is 14.3 Å². The highest BCUT2D eigenvalue weighted by Gasteiger charge is 2.04. The fourth-order valence-corrected chi connectivity index (χ4v) is 1.07. The molecule has 0 aliphatic carbocycles. The van der Waals surface area contributed by atoms with E-state index in [0.29, 0.717) is 16.5 Å². The number of rotatable bonds is 4. The Kier molecular flexibility index (Phi) is 3.77. The minimum Gasteiger partial charge on any atom is -0.497 e. The molecular weight excluding hydrogens is 204 g/mol. The van der Waals surface area contributed by atoms with Crippen molar-refractivity contribution in [2.24, 2.45) is 0 Å². The predicted molar refractivity (Wildman–Crippen MR) is 54.2 cm³/mol. The lowest BCUT2D eigenvalue weighted by molar-refractivity contribution is -0.118. The van der Waals surface area contributed by atoms with Gasteiger partial charge in [-0.3, -0.25) is 4.79 Å². The van der Waals surface area contributed by atoms with Crippen molar-refractivity contribution in [2.45, 2.75) is 6.92 Å². The van der Waals surface area contributed by atoms with Crippen LogP contribution in [0.3, 0.4) is 0 Å². The number of ketones is 1. The normalized spacial score (nSPS) is 9.64. The average Bonchev–Trinajstić information content (AvgIpc) is 2.16. The number of hydrogen-bond donors (Lipinski definition) is 0. The van der Waals surface area contributed by atoms with Gasteiger partial charge in [0.25, 0.3) is 0 Å². The van der Waals surface area contributed by atoms with Crippen LogP contribution >= 0.6 is 11.6 Å². The Hall–Kier alpha value is -1.22. The predicted octanol–water partition coefficient (Wildman–Crippen LogP) is 2.32. The Labute approximate surface area is 87.6 Å². The lowest BCUT2D eigenvalue weighted by Crippen LogP contribution is -2.06. The summed E-state index contributed by atoms with van der Waals surface area (Å²) in [5.74, 6) is 1.05. The Morgan fingerprint density at radius 2 is 2.21 bits per heavy atom. The van der Waals surface area contributed by atoms with Crippen molar-refractivity contribution in [1.82, 2.24) is 0 Å². The SMILES string of the molecule is COc1ccc(Cl)c(OCC(C)=O)c1. The van der Waals surface area contributed by atoms with Gasteiger partial charge >= 0.3 is 0 Å². The van der Waals surface area contributed by atoms with Gasteiger partial charge in [-0.1, -0.05) is 11.6 Å². The van der Waals surface area contributed by atoms with Crippen molar-refractivity contribution in [3.8, 4) is 11.5 Å². The molecule has 0 N–H and O–H groups in total. The van der Waals surface area contributed by atoms with Crippen molar-refractivity contribution in [1.29, 1.82) is 0 Å².